The Kier molecular flexibility index (Phi) is 5.20. The monoisotopic (exact) mass is 381 g/mol. The number of alkyl halides is 3. The van der Waals surface area contributed by atoms with Gasteiger partial charge in [-0.05, 0) is 31.2 Å². The topological polar surface area (TPSA) is 68.5 Å². The van der Waals surface area contributed by atoms with Crippen LogP contribution in [0.5, 0.6) is 5.75 Å². The number of halogens is 3. The second-order valence-electron chi connectivity index (χ2n) is 6.41. The Balaban J connectivity index is 1.57. The number of anilines is 1. The molecule has 0 unspecified atom stereocenters. The number of hydrogen-bond donors (Lipinski definition) is 0. The summed E-state index contributed by atoms with van der Waals surface area (Å²) in [5, 5.41) is 10.9. The van der Waals surface area contributed by atoms with Gasteiger partial charge in [-0.15, -0.1) is 0 Å². The highest BCUT2D eigenvalue weighted by atomic mass is 19.4. The number of nitrogens with zero attached hydrogens (tertiary/aromatic N) is 3. The molecule has 2 aromatic rings. The van der Waals surface area contributed by atoms with Crippen LogP contribution < -0.4 is 9.64 Å². The Hall–Kier alpha value is -2.84. The number of nitro groups is 1. The molecule has 1 saturated heterocycles. The molecule has 2 heterocycles. The summed E-state index contributed by atoms with van der Waals surface area (Å²) in [6.07, 6.45) is -2.25. The minimum atomic E-state index is -4.39. The van der Waals surface area contributed by atoms with Crippen LogP contribution in [-0.4, -0.2) is 29.1 Å². The Morgan fingerprint density at radius 2 is 1.93 bits per heavy atom. The summed E-state index contributed by atoms with van der Waals surface area (Å²) in [4.78, 5) is 16.3. The molecule has 144 valence electrons. The molecule has 9 heteroatoms. The third kappa shape index (κ3) is 4.47. The Morgan fingerprint density at radius 1 is 1.22 bits per heavy atom. The molecule has 1 aromatic carbocycles. The first kappa shape index (κ1) is 18.9. The minimum Gasteiger partial charge on any atom is -0.490 e. The van der Waals surface area contributed by atoms with Crippen molar-refractivity contribution in [1.82, 2.24) is 4.98 Å². The van der Waals surface area contributed by atoms with Crippen LogP contribution in [0.15, 0.2) is 36.5 Å². The molecule has 6 nitrogen and oxygen atoms in total. The third-order valence-corrected chi connectivity index (χ3v) is 4.51. The van der Waals surface area contributed by atoms with Crippen molar-refractivity contribution in [2.24, 2.45) is 0 Å². The molecule has 1 aromatic heterocycles. The highest BCUT2D eigenvalue weighted by molar-refractivity contribution is 5.44. The molecule has 0 aliphatic carbocycles. The van der Waals surface area contributed by atoms with Gasteiger partial charge in [-0.3, -0.25) is 10.1 Å². The van der Waals surface area contributed by atoms with Crippen molar-refractivity contribution in [3.63, 3.8) is 0 Å². The second-order valence-corrected chi connectivity index (χ2v) is 6.41. The molecule has 0 saturated carbocycles. The van der Waals surface area contributed by atoms with E-state index >= 15 is 0 Å². The smallest absolute Gasteiger partial charge is 0.417 e. The minimum absolute atomic E-state index is 0.0468. The van der Waals surface area contributed by atoms with Gasteiger partial charge in [-0.2, -0.15) is 13.2 Å². The van der Waals surface area contributed by atoms with E-state index in [-0.39, 0.29) is 11.8 Å². The number of rotatable bonds is 4. The molecule has 1 aliphatic heterocycles. The number of ether oxygens (including phenoxy) is 1. The predicted molar refractivity (Wildman–Crippen MR) is 92.9 cm³/mol. The third-order valence-electron chi connectivity index (χ3n) is 4.51. The first-order valence-electron chi connectivity index (χ1n) is 8.44. The maximum absolute atomic E-state index is 12.6. The number of pyridine rings is 1. The van der Waals surface area contributed by atoms with Gasteiger partial charge in [0.2, 0.25) is 0 Å². The van der Waals surface area contributed by atoms with Crippen LogP contribution in [-0.2, 0) is 6.18 Å². The van der Waals surface area contributed by atoms with Gasteiger partial charge in [0.15, 0.2) is 0 Å². The fourth-order valence-electron chi connectivity index (χ4n) is 3.04. The predicted octanol–water partition coefficient (Wildman–Crippen LogP) is 4.36. The van der Waals surface area contributed by atoms with Crippen LogP contribution >= 0.6 is 0 Å². The molecule has 0 spiro atoms. The molecule has 27 heavy (non-hydrogen) atoms. The lowest BCUT2D eigenvalue weighted by Gasteiger charge is -2.33. The van der Waals surface area contributed by atoms with Crippen LogP contribution in [0.25, 0.3) is 0 Å². The molecular weight excluding hydrogens is 363 g/mol. The molecule has 3 rings (SSSR count). The lowest BCUT2D eigenvalue weighted by atomic mass is 10.1. The van der Waals surface area contributed by atoms with E-state index in [4.69, 9.17) is 4.74 Å². The number of benzene rings is 1. The molecule has 0 amide bonds. The number of piperidine rings is 1. The summed E-state index contributed by atoms with van der Waals surface area (Å²) >= 11 is 0. The zero-order valence-corrected chi connectivity index (χ0v) is 14.6. The highest BCUT2D eigenvalue weighted by Crippen LogP contribution is 2.30. The van der Waals surface area contributed by atoms with Crippen LogP contribution in [0.1, 0.15) is 24.0 Å². The maximum Gasteiger partial charge on any atom is 0.417 e. The summed E-state index contributed by atoms with van der Waals surface area (Å²) in [5.41, 5.74) is -0.188. The number of nitro benzene ring substituents is 1. The normalized spacial score (nSPS) is 15.6. The van der Waals surface area contributed by atoms with Gasteiger partial charge < -0.3 is 9.64 Å². The fraction of sp³-hybridized carbons (Fsp3) is 0.389. The summed E-state index contributed by atoms with van der Waals surface area (Å²) in [7, 11) is 0. The summed E-state index contributed by atoms with van der Waals surface area (Å²) < 4.78 is 43.7. The molecule has 0 atom stereocenters. The van der Waals surface area contributed by atoms with E-state index in [0.29, 0.717) is 43.1 Å². The van der Waals surface area contributed by atoms with E-state index in [0.717, 1.165) is 12.3 Å². The lowest BCUT2D eigenvalue weighted by Crippen LogP contribution is -2.38. The van der Waals surface area contributed by atoms with E-state index in [2.05, 4.69) is 4.98 Å². The fourth-order valence-corrected chi connectivity index (χ4v) is 3.04. The largest absolute Gasteiger partial charge is 0.490 e. The lowest BCUT2D eigenvalue weighted by molar-refractivity contribution is -0.385. The number of aromatic nitrogens is 1. The average molecular weight is 381 g/mol. The zero-order valence-electron chi connectivity index (χ0n) is 14.6. The SMILES string of the molecule is Cc1cc(OC2CCN(c3ccc(C(F)(F)F)cn3)CC2)ccc1[N+](=O)[O-]. The van der Waals surface area contributed by atoms with Gasteiger partial charge in [0.25, 0.3) is 5.69 Å². The van der Waals surface area contributed by atoms with Crippen LogP contribution in [0.3, 0.4) is 0 Å². The second kappa shape index (κ2) is 7.42. The van der Waals surface area contributed by atoms with Crippen LogP contribution in [0, 0.1) is 17.0 Å². The Bertz CT molecular complexity index is 817. The van der Waals surface area contributed by atoms with Crippen molar-refractivity contribution in [2.75, 3.05) is 18.0 Å². The molecular formula is C18H18F3N3O3. The van der Waals surface area contributed by atoms with Gasteiger partial charge in [0.05, 0.1) is 10.5 Å². The first-order chi connectivity index (χ1) is 12.7. The van der Waals surface area contributed by atoms with E-state index in [9.17, 15) is 23.3 Å². The van der Waals surface area contributed by atoms with Crippen LogP contribution in [0.2, 0.25) is 0 Å². The average Bonchev–Trinajstić information content (AvgIpc) is 2.61. The number of aryl methyl sites for hydroxylation is 1. The van der Waals surface area contributed by atoms with Crippen molar-refractivity contribution in [3.8, 4) is 5.75 Å². The molecule has 0 bridgehead atoms. The van der Waals surface area contributed by atoms with Crippen molar-refractivity contribution in [3.05, 3.63) is 57.8 Å². The molecule has 0 radical (unpaired) electrons. The van der Waals surface area contributed by atoms with Crippen molar-refractivity contribution in [2.45, 2.75) is 32.0 Å². The van der Waals surface area contributed by atoms with Gasteiger partial charge in [0.1, 0.15) is 17.7 Å². The van der Waals surface area contributed by atoms with Gasteiger partial charge in [-0.25, -0.2) is 4.98 Å². The molecule has 1 aliphatic rings. The standard InChI is InChI=1S/C18H18F3N3O3/c1-12-10-15(3-4-16(12)24(25)26)27-14-6-8-23(9-7-14)17-5-2-13(11-22-17)18(19,20)21/h2-5,10-11,14H,6-9H2,1H3. The summed E-state index contributed by atoms with van der Waals surface area (Å²) in [6.45, 7) is 2.87. The van der Waals surface area contributed by atoms with Crippen molar-refractivity contribution >= 4 is 11.5 Å². The quantitative estimate of drug-likeness (QED) is 0.581. The highest BCUT2D eigenvalue weighted by Gasteiger charge is 2.31. The summed E-state index contributed by atoms with van der Waals surface area (Å²) in [6, 6.07) is 7.05. The van der Waals surface area contributed by atoms with E-state index in [1.165, 1.54) is 12.1 Å². The van der Waals surface area contributed by atoms with Crippen molar-refractivity contribution in [1.29, 1.82) is 0 Å². The van der Waals surface area contributed by atoms with E-state index in [1.54, 1.807) is 19.1 Å². The Morgan fingerprint density at radius 3 is 2.44 bits per heavy atom. The van der Waals surface area contributed by atoms with Gasteiger partial charge in [-0.1, -0.05) is 0 Å². The van der Waals surface area contributed by atoms with Gasteiger partial charge >= 0.3 is 6.18 Å². The molecule has 1 fully saturated rings. The first-order valence-corrected chi connectivity index (χ1v) is 8.44. The number of hydrogen-bond acceptors (Lipinski definition) is 5. The van der Waals surface area contributed by atoms with E-state index in [1.807, 2.05) is 4.90 Å². The van der Waals surface area contributed by atoms with E-state index < -0.39 is 16.7 Å². The van der Waals surface area contributed by atoms with Crippen molar-refractivity contribution < 1.29 is 22.8 Å². The maximum atomic E-state index is 12.6. The Labute approximate surface area is 153 Å². The van der Waals surface area contributed by atoms with Crippen LogP contribution in [0.4, 0.5) is 24.7 Å². The zero-order chi connectivity index (χ0) is 19.6. The van der Waals surface area contributed by atoms with Gasteiger partial charge in [0, 0.05) is 43.8 Å². The summed E-state index contributed by atoms with van der Waals surface area (Å²) in [5.74, 6) is 1.08. The molecule has 0 N–H and O–H groups in total.